The molecule has 0 aliphatic rings. The molecule has 0 aromatic heterocycles. The maximum Gasteiger partial charge on any atom is 0.408 e. The van der Waals surface area contributed by atoms with Gasteiger partial charge in [-0.3, -0.25) is 0 Å². The Morgan fingerprint density at radius 3 is 2.11 bits per heavy atom. The van der Waals surface area contributed by atoms with Crippen LogP contribution >= 0.6 is 0 Å². The van der Waals surface area contributed by atoms with Gasteiger partial charge >= 0.3 is 12.1 Å². The molecule has 0 aromatic carbocycles. The van der Waals surface area contributed by atoms with Gasteiger partial charge in [0, 0.05) is 6.42 Å². The van der Waals surface area contributed by atoms with Gasteiger partial charge in [-0.25, -0.2) is 9.59 Å². The standard InChI is InChI=1S/C12H24N2O4/c1-12(2,3)18-11(17)13-9(10(15)16)7-8-14(4,5)6/h9H,7-8H2,1-6H3,(H-,13,15,16,17)/p+1/t9-/m0/s1. The van der Waals surface area contributed by atoms with Gasteiger partial charge < -0.3 is 19.6 Å². The molecule has 0 radical (unpaired) electrons. The van der Waals surface area contributed by atoms with Crippen LogP contribution in [-0.2, 0) is 9.53 Å². The summed E-state index contributed by atoms with van der Waals surface area (Å²) in [6.07, 6.45) is -0.339. The van der Waals surface area contributed by atoms with E-state index in [-0.39, 0.29) is 0 Å². The summed E-state index contributed by atoms with van der Waals surface area (Å²) in [5.41, 5.74) is -0.632. The van der Waals surface area contributed by atoms with Crippen molar-refractivity contribution in [1.82, 2.24) is 5.32 Å². The Morgan fingerprint density at radius 2 is 1.78 bits per heavy atom. The van der Waals surface area contributed by atoms with Crippen LogP contribution in [0.4, 0.5) is 4.79 Å². The van der Waals surface area contributed by atoms with Gasteiger partial charge in [-0.2, -0.15) is 0 Å². The fourth-order valence-corrected chi connectivity index (χ4v) is 1.22. The molecule has 0 bridgehead atoms. The highest BCUT2D eigenvalue weighted by Crippen LogP contribution is 2.07. The lowest BCUT2D eigenvalue weighted by Crippen LogP contribution is -2.46. The van der Waals surface area contributed by atoms with Crippen LogP contribution in [0.3, 0.4) is 0 Å². The van der Waals surface area contributed by atoms with Crippen LogP contribution in [0, 0.1) is 0 Å². The van der Waals surface area contributed by atoms with Crippen LogP contribution in [-0.4, -0.2) is 61.0 Å². The minimum absolute atomic E-state index is 0.359. The molecule has 0 unspecified atom stereocenters. The van der Waals surface area contributed by atoms with Crippen molar-refractivity contribution in [2.45, 2.75) is 38.8 Å². The Kier molecular flexibility index (Phi) is 5.60. The van der Waals surface area contributed by atoms with Crippen molar-refractivity contribution in [3.63, 3.8) is 0 Å². The second-order valence-electron chi connectivity index (χ2n) is 6.34. The summed E-state index contributed by atoms with van der Waals surface area (Å²) < 4.78 is 5.67. The first kappa shape index (κ1) is 16.7. The number of amides is 1. The van der Waals surface area contributed by atoms with Crippen molar-refractivity contribution in [2.75, 3.05) is 27.7 Å². The van der Waals surface area contributed by atoms with Crippen LogP contribution in [0.1, 0.15) is 27.2 Å². The summed E-state index contributed by atoms with van der Waals surface area (Å²) in [6, 6.07) is -0.919. The number of nitrogens with zero attached hydrogens (tertiary/aromatic N) is 1. The van der Waals surface area contributed by atoms with E-state index in [4.69, 9.17) is 9.84 Å². The number of carboxylic acid groups (broad SMARTS) is 1. The van der Waals surface area contributed by atoms with E-state index in [0.29, 0.717) is 17.4 Å². The lowest BCUT2D eigenvalue weighted by molar-refractivity contribution is -0.870. The third-order valence-corrected chi connectivity index (χ3v) is 2.08. The van der Waals surface area contributed by atoms with E-state index in [1.54, 1.807) is 20.8 Å². The molecule has 6 nitrogen and oxygen atoms in total. The molecule has 0 spiro atoms. The molecule has 18 heavy (non-hydrogen) atoms. The first-order valence-corrected chi connectivity index (χ1v) is 5.93. The largest absolute Gasteiger partial charge is 0.480 e. The Morgan fingerprint density at radius 1 is 1.28 bits per heavy atom. The lowest BCUT2D eigenvalue weighted by Gasteiger charge is -2.26. The van der Waals surface area contributed by atoms with Gasteiger partial charge in [0.15, 0.2) is 0 Å². The average Bonchev–Trinajstić information content (AvgIpc) is 2.06. The molecule has 0 aromatic rings. The summed E-state index contributed by atoms with van der Waals surface area (Å²) in [5, 5.41) is 11.4. The molecule has 0 saturated heterocycles. The molecule has 6 heteroatoms. The van der Waals surface area contributed by atoms with Gasteiger partial charge in [0.25, 0.3) is 0 Å². The number of aliphatic carboxylic acids is 1. The van der Waals surface area contributed by atoms with E-state index in [9.17, 15) is 9.59 Å². The normalized spacial score (nSPS) is 13.9. The van der Waals surface area contributed by atoms with Crippen molar-refractivity contribution in [3.8, 4) is 0 Å². The number of hydrogen-bond donors (Lipinski definition) is 2. The maximum atomic E-state index is 11.5. The van der Waals surface area contributed by atoms with Crippen LogP contribution in [0.15, 0.2) is 0 Å². The van der Waals surface area contributed by atoms with Crippen LogP contribution < -0.4 is 5.32 Å². The fourth-order valence-electron chi connectivity index (χ4n) is 1.22. The molecule has 0 rings (SSSR count). The van der Waals surface area contributed by atoms with Crippen molar-refractivity contribution in [3.05, 3.63) is 0 Å². The number of carboxylic acids is 1. The van der Waals surface area contributed by atoms with Crippen LogP contribution in [0.5, 0.6) is 0 Å². The van der Waals surface area contributed by atoms with E-state index < -0.39 is 23.7 Å². The monoisotopic (exact) mass is 261 g/mol. The Labute approximate surface area is 109 Å². The highest BCUT2D eigenvalue weighted by molar-refractivity contribution is 5.79. The Balaban J connectivity index is 4.37. The lowest BCUT2D eigenvalue weighted by atomic mass is 10.2. The maximum absolute atomic E-state index is 11.5. The SMILES string of the molecule is CC(C)(C)OC(=O)N[C@@H](CC[N+](C)(C)C)C(=O)O. The van der Waals surface area contributed by atoms with Gasteiger partial charge in [0.05, 0.1) is 27.7 Å². The summed E-state index contributed by atoms with van der Waals surface area (Å²) in [7, 11) is 5.89. The number of quaternary nitrogens is 1. The molecule has 0 aliphatic heterocycles. The number of rotatable bonds is 5. The zero-order valence-corrected chi connectivity index (χ0v) is 12.1. The van der Waals surface area contributed by atoms with Gasteiger partial charge in [-0.05, 0) is 20.8 Å². The van der Waals surface area contributed by atoms with Gasteiger partial charge in [-0.1, -0.05) is 0 Å². The number of carbonyl (C=O) groups excluding carboxylic acids is 1. The summed E-state index contributed by atoms with van der Waals surface area (Å²) in [4.78, 5) is 22.5. The number of nitrogens with one attached hydrogen (secondary N) is 1. The van der Waals surface area contributed by atoms with E-state index >= 15 is 0 Å². The molecule has 2 N–H and O–H groups in total. The molecule has 0 aliphatic carbocycles. The smallest absolute Gasteiger partial charge is 0.408 e. The third kappa shape index (κ3) is 8.81. The zero-order chi connectivity index (χ0) is 14.6. The molecule has 106 valence electrons. The molecule has 1 atom stereocenters. The minimum Gasteiger partial charge on any atom is -0.480 e. The second-order valence-corrected chi connectivity index (χ2v) is 6.34. The zero-order valence-electron chi connectivity index (χ0n) is 12.1. The van der Waals surface area contributed by atoms with E-state index in [2.05, 4.69) is 5.32 Å². The summed E-state index contributed by atoms with van der Waals surface area (Å²) >= 11 is 0. The Hall–Kier alpha value is -1.30. The van der Waals surface area contributed by atoms with E-state index in [1.807, 2.05) is 21.1 Å². The highest BCUT2D eigenvalue weighted by Gasteiger charge is 2.25. The third-order valence-electron chi connectivity index (χ3n) is 2.08. The molecule has 1 amide bonds. The predicted octanol–water partition coefficient (Wildman–Crippen LogP) is 1.06. The van der Waals surface area contributed by atoms with Gasteiger partial charge in [0.1, 0.15) is 11.6 Å². The predicted molar refractivity (Wildman–Crippen MR) is 68.3 cm³/mol. The first-order chi connectivity index (χ1) is 7.91. The highest BCUT2D eigenvalue weighted by atomic mass is 16.6. The van der Waals surface area contributed by atoms with Crippen molar-refractivity contribution >= 4 is 12.1 Å². The average molecular weight is 261 g/mol. The summed E-state index contributed by atoms with van der Waals surface area (Å²) in [6.45, 7) is 5.84. The Bertz CT molecular complexity index is 302. The second kappa shape index (κ2) is 6.04. The molecule has 0 fully saturated rings. The number of ether oxygens (including phenoxy) is 1. The molecular weight excluding hydrogens is 236 g/mol. The minimum atomic E-state index is -1.05. The molecular formula is C12H25N2O4+. The summed E-state index contributed by atoms with van der Waals surface area (Å²) in [5.74, 6) is -1.05. The molecule has 0 heterocycles. The topological polar surface area (TPSA) is 75.6 Å². The fraction of sp³-hybridized carbons (Fsp3) is 0.833. The molecule has 0 saturated carbocycles. The number of alkyl carbamates (subject to hydrolysis) is 1. The number of hydrogen-bond acceptors (Lipinski definition) is 3. The van der Waals surface area contributed by atoms with E-state index in [0.717, 1.165) is 0 Å². The van der Waals surface area contributed by atoms with Gasteiger partial charge in [0.2, 0.25) is 0 Å². The van der Waals surface area contributed by atoms with E-state index in [1.165, 1.54) is 0 Å². The van der Waals surface area contributed by atoms with Crippen LogP contribution in [0.25, 0.3) is 0 Å². The van der Waals surface area contributed by atoms with Crippen LogP contribution in [0.2, 0.25) is 0 Å². The van der Waals surface area contributed by atoms with Crippen molar-refractivity contribution in [1.29, 1.82) is 0 Å². The first-order valence-electron chi connectivity index (χ1n) is 5.93. The quantitative estimate of drug-likeness (QED) is 0.726. The van der Waals surface area contributed by atoms with Crippen molar-refractivity contribution < 1.29 is 23.9 Å². The van der Waals surface area contributed by atoms with Crippen molar-refractivity contribution in [2.24, 2.45) is 0 Å². The number of carbonyl (C=O) groups is 2. The van der Waals surface area contributed by atoms with Gasteiger partial charge in [-0.15, -0.1) is 0 Å².